The van der Waals surface area contributed by atoms with Gasteiger partial charge in [-0.15, -0.1) is 0 Å². The van der Waals surface area contributed by atoms with Gasteiger partial charge in [-0.2, -0.15) is 0 Å². The van der Waals surface area contributed by atoms with Crippen molar-refractivity contribution in [2.24, 2.45) is 0 Å². The number of benzene rings is 3. The highest BCUT2D eigenvalue weighted by Crippen LogP contribution is 2.21. The average molecular weight is 392 g/mol. The molecule has 0 bridgehead atoms. The number of rotatable bonds is 5. The Labute approximate surface area is 163 Å². The lowest BCUT2D eigenvalue weighted by Crippen LogP contribution is -2.26. The Bertz CT molecular complexity index is 1120. The first-order valence-corrected chi connectivity index (χ1v) is 9.78. The Morgan fingerprint density at radius 1 is 0.857 bits per heavy atom. The molecule has 0 heterocycles. The zero-order chi connectivity index (χ0) is 20.0. The molecule has 0 atom stereocenters. The summed E-state index contributed by atoms with van der Waals surface area (Å²) in [5, 5.41) is 10.8. The molecule has 0 saturated carbocycles. The molecule has 7 heteroatoms. The van der Waals surface area contributed by atoms with Gasteiger partial charge in [-0.05, 0) is 35.7 Å². The Kier molecular flexibility index (Phi) is 5.72. The van der Waals surface area contributed by atoms with Gasteiger partial charge < -0.3 is 0 Å². The van der Waals surface area contributed by atoms with Crippen molar-refractivity contribution in [2.45, 2.75) is 11.4 Å². The number of nitrogens with zero attached hydrogens (tertiary/aromatic N) is 2. The van der Waals surface area contributed by atoms with E-state index < -0.39 is 14.9 Å². The van der Waals surface area contributed by atoms with Crippen molar-refractivity contribution >= 4 is 15.7 Å². The summed E-state index contributed by atoms with van der Waals surface area (Å²) in [6, 6.07) is 25.6. The number of sulfonamides is 1. The van der Waals surface area contributed by atoms with Crippen LogP contribution < -0.4 is 0 Å². The molecule has 0 spiro atoms. The topological polar surface area (TPSA) is 80.5 Å². The predicted octanol–water partition coefficient (Wildman–Crippen LogP) is 3.79. The largest absolute Gasteiger partial charge is 0.271 e. The predicted molar refractivity (Wildman–Crippen MR) is 106 cm³/mol. The van der Waals surface area contributed by atoms with Crippen LogP contribution in [0.3, 0.4) is 0 Å². The van der Waals surface area contributed by atoms with Crippen LogP contribution >= 0.6 is 0 Å². The van der Waals surface area contributed by atoms with Crippen LogP contribution in [0.1, 0.15) is 11.1 Å². The second kappa shape index (κ2) is 8.37. The van der Waals surface area contributed by atoms with Gasteiger partial charge in [0.05, 0.1) is 16.4 Å². The molecule has 0 unspecified atom stereocenters. The standard InChI is InChI=1S/C21H16N2O4S/c24-23(25)20-11-13-21(14-12-20)28(26,27)22(17-19-9-5-2-6-10-19)16-15-18-7-3-1-4-8-18/h1-14H,17H2. The molecule has 0 aliphatic heterocycles. The molecule has 3 aromatic carbocycles. The molecule has 0 amide bonds. The van der Waals surface area contributed by atoms with Gasteiger partial charge in [-0.3, -0.25) is 10.1 Å². The zero-order valence-electron chi connectivity index (χ0n) is 14.7. The number of nitro benzene ring substituents is 1. The van der Waals surface area contributed by atoms with E-state index in [0.717, 1.165) is 22.0 Å². The summed E-state index contributed by atoms with van der Waals surface area (Å²) in [5.74, 6) is 2.86. The van der Waals surface area contributed by atoms with Gasteiger partial charge in [-0.1, -0.05) is 48.5 Å². The number of non-ortho nitro benzene ring substituents is 1. The third kappa shape index (κ3) is 4.55. The molecule has 0 saturated heterocycles. The molecule has 28 heavy (non-hydrogen) atoms. The molecule has 0 radical (unpaired) electrons. The maximum atomic E-state index is 13.1. The van der Waals surface area contributed by atoms with Crippen molar-refractivity contribution < 1.29 is 13.3 Å². The molecule has 0 aliphatic carbocycles. The molecule has 0 aliphatic rings. The van der Waals surface area contributed by atoms with Crippen molar-refractivity contribution in [3.8, 4) is 12.0 Å². The van der Waals surface area contributed by atoms with Crippen LogP contribution in [0.4, 0.5) is 5.69 Å². The van der Waals surface area contributed by atoms with Gasteiger partial charge in [0.15, 0.2) is 0 Å². The van der Waals surface area contributed by atoms with Crippen LogP contribution in [0, 0.1) is 22.1 Å². The van der Waals surface area contributed by atoms with Gasteiger partial charge >= 0.3 is 0 Å². The van der Waals surface area contributed by atoms with Crippen LogP contribution in [0.25, 0.3) is 0 Å². The van der Waals surface area contributed by atoms with Gasteiger partial charge in [0, 0.05) is 23.7 Å². The first-order valence-electron chi connectivity index (χ1n) is 8.34. The quantitative estimate of drug-likeness (QED) is 0.286. The van der Waals surface area contributed by atoms with E-state index in [1.54, 1.807) is 12.1 Å². The Hall–Kier alpha value is -3.63. The summed E-state index contributed by atoms with van der Waals surface area (Å²) in [6.07, 6.45) is 0. The van der Waals surface area contributed by atoms with Crippen LogP contribution in [0.5, 0.6) is 0 Å². The minimum absolute atomic E-state index is 0.0556. The normalized spacial score (nSPS) is 10.6. The van der Waals surface area contributed by atoms with Crippen LogP contribution in [0.15, 0.2) is 89.8 Å². The van der Waals surface area contributed by atoms with Gasteiger partial charge in [0.2, 0.25) is 0 Å². The van der Waals surface area contributed by atoms with Crippen LogP contribution in [0.2, 0.25) is 0 Å². The summed E-state index contributed by atoms with van der Waals surface area (Å²) >= 11 is 0. The lowest BCUT2D eigenvalue weighted by Gasteiger charge is -2.18. The maximum Gasteiger partial charge on any atom is 0.271 e. The van der Waals surface area contributed by atoms with Gasteiger partial charge in [-0.25, -0.2) is 12.7 Å². The van der Waals surface area contributed by atoms with Crippen molar-refractivity contribution in [1.82, 2.24) is 4.31 Å². The molecule has 0 aromatic heterocycles. The summed E-state index contributed by atoms with van der Waals surface area (Å²) in [7, 11) is -3.97. The highest BCUT2D eigenvalue weighted by Gasteiger charge is 2.23. The third-order valence-electron chi connectivity index (χ3n) is 3.90. The fourth-order valence-corrected chi connectivity index (χ4v) is 3.67. The minimum Gasteiger partial charge on any atom is -0.258 e. The Balaban J connectivity index is 1.99. The number of hydrogen-bond acceptors (Lipinski definition) is 4. The summed E-state index contributed by atoms with van der Waals surface area (Å²) in [5.41, 5.74) is 1.28. The molecule has 0 N–H and O–H groups in total. The van der Waals surface area contributed by atoms with E-state index in [4.69, 9.17) is 0 Å². The second-order valence-electron chi connectivity index (χ2n) is 5.85. The van der Waals surface area contributed by atoms with E-state index in [0.29, 0.717) is 5.56 Å². The van der Waals surface area contributed by atoms with Crippen molar-refractivity contribution in [3.05, 3.63) is 106 Å². The molecular weight excluding hydrogens is 376 g/mol. The molecule has 0 fully saturated rings. The van der Waals surface area contributed by atoms with Gasteiger partial charge in [0.25, 0.3) is 15.7 Å². The average Bonchev–Trinajstić information content (AvgIpc) is 2.72. The molecule has 140 valence electrons. The summed E-state index contributed by atoms with van der Waals surface area (Å²) < 4.78 is 27.2. The molecule has 3 rings (SSSR count). The first kappa shape index (κ1) is 19.1. The van der Waals surface area contributed by atoms with Crippen LogP contribution in [-0.4, -0.2) is 17.6 Å². The van der Waals surface area contributed by atoms with E-state index in [1.807, 2.05) is 48.5 Å². The monoisotopic (exact) mass is 392 g/mol. The highest BCUT2D eigenvalue weighted by molar-refractivity contribution is 7.89. The number of nitro groups is 1. The summed E-state index contributed by atoms with van der Waals surface area (Å²) in [4.78, 5) is 10.2. The molecule has 3 aromatic rings. The lowest BCUT2D eigenvalue weighted by molar-refractivity contribution is -0.384. The lowest BCUT2D eigenvalue weighted by atomic mass is 10.2. The minimum atomic E-state index is -3.97. The SMILES string of the molecule is O=[N+]([O-])c1ccc(S(=O)(=O)N(C#Cc2ccccc2)Cc2ccccc2)cc1. The van der Waals surface area contributed by atoms with E-state index in [2.05, 4.69) is 12.0 Å². The van der Waals surface area contributed by atoms with Gasteiger partial charge in [0.1, 0.15) is 0 Å². The first-order chi connectivity index (χ1) is 13.5. The van der Waals surface area contributed by atoms with E-state index in [9.17, 15) is 18.5 Å². The van der Waals surface area contributed by atoms with Crippen molar-refractivity contribution in [3.63, 3.8) is 0 Å². The van der Waals surface area contributed by atoms with E-state index in [1.165, 1.54) is 12.1 Å². The van der Waals surface area contributed by atoms with Crippen molar-refractivity contribution in [2.75, 3.05) is 0 Å². The Morgan fingerprint density at radius 3 is 2.00 bits per heavy atom. The van der Waals surface area contributed by atoms with E-state index in [-0.39, 0.29) is 17.1 Å². The molecule has 6 nitrogen and oxygen atoms in total. The fraction of sp³-hybridized carbons (Fsp3) is 0.0476. The second-order valence-corrected chi connectivity index (χ2v) is 7.71. The summed E-state index contributed by atoms with van der Waals surface area (Å²) in [6.45, 7) is 0.0556. The number of hydrogen-bond donors (Lipinski definition) is 0. The highest BCUT2D eigenvalue weighted by atomic mass is 32.2. The smallest absolute Gasteiger partial charge is 0.258 e. The van der Waals surface area contributed by atoms with Crippen LogP contribution in [-0.2, 0) is 16.6 Å². The maximum absolute atomic E-state index is 13.1. The van der Waals surface area contributed by atoms with E-state index >= 15 is 0 Å². The zero-order valence-corrected chi connectivity index (χ0v) is 15.5. The third-order valence-corrected chi connectivity index (χ3v) is 5.57. The Morgan fingerprint density at radius 2 is 1.43 bits per heavy atom. The fourth-order valence-electron chi connectivity index (χ4n) is 2.45. The van der Waals surface area contributed by atoms with Crippen molar-refractivity contribution in [1.29, 1.82) is 0 Å². The molecular formula is C21H16N2O4S.